The van der Waals surface area contributed by atoms with Crippen LogP contribution in [-0.4, -0.2) is 5.91 Å². The van der Waals surface area contributed by atoms with Gasteiger partial charge in [0.2, 0.25) is 5.91 Å². The maximum Gasteiger partial charge on any atom is 0.228 e. The zero-order valence-electron chi connectivity index (χ0n) is 14.4. The van der Waals surface area contributed by atoms with Crippen LogP contribution in [0.3, 0.4) is 0 Å². The van der Waals surface area contributed by atoms with Gasteiger partial charge in [-0.2, -0.15) is 0 Å². The Balaban J connectivity index is 1.72. The van der Waals surface area contributed by atoms with Gasteiger partial charge in [0.1, 0.15) is 0 Å². The number of aryl methyl sites for hydroxylation is 1. The third-order valence-electron chi connectivity index (χ3n) is 4.36. The monoisotopic (exact) mass is 395 g/mol. The van der Waals surface area contributed by atoms with E-state index in [0.29, 0.717) is 6.42 Å². The van der Waals surface area contributed by atoms with Crippen molar-refractivity contribution in [1.29, 1.82) is 0 Å². The molecule has 1 N–H and O–H groups in total. The van der Waals surface area contributed by atoms with Crippen molar-refractivity contribution < 1.29 is 4.79 Å². The first-order valence-corrected chi connectivity index (χ1v) is 9.51. The van der Waals surface area contributed by atoms with Crippen molar-refractivity contribution in [2.45, 2.75) is 32.6 Å². The van der Waals surface area contributed by atoms with Gasteiger partial charge in [0, 0.05) is 4.47 Å². The fraction of sp³-hybridized carbons (Fsp3) is 0.227. The molecule has 0 saturated carbocycles. The topological polar surface area (TPSA) is 29.1 Å². The van der Waals surface area contributed by atoms with E-state index in [0.717, 1.165) is 32.9 Å². The van der Waals surface area contributed by atoms with E-state index in [2.05, 4.69) is 58.5 Å². The van der Waals surface area contributed by atoms with Crippen molar-refractivity contribution in [1.82, 2.24) is 0 Å². The summed E-state index contributed by atoms with van der Waals surface area (Å²) >= 11 is 3.58. The van der Waals surface area contributed by atoms with Crippen LogP contribution >= 0.6 is 15.9 Å². The molecule has 3 heteroatoms. The first kappa shape index (κ1) is 17.7. The molecule has 3 aromatic rings. The molecule has 0 aromatic heterocycles. The molecule has 128 valence electrons. The number of rotatable bonds is 6. The fourth-order valence-corrected chi connectivity index (χ4v) is 3.54. The van der Waals surface area contributed by atoms with Gasteiger partial charge >= 0.3 is 0 Å². The van der Waals surface area contributed by atoms with Gasteiger partial charge in [-0.3, -0.25) is 4.79 Å². The lowest BCUT2D eigenvalue weighted by Gasteiger charge is -2.10. The van der Waals surface area contributed by atoms with Gasteiger partial charge in [0.25, 0.3) is 0 Å². The van der Waals surface area contributed by atoms with Crippen molar-refractivity contribution in [3.63, 3.8) is 0 Å². The summed E-state index contributed by atoms with van der Waals surface area (Å²) in [4.78, 5) is 12.5. The molecule has 0 saturated heterocycles. The second-order valence-corrected chi connectivity index (χ2v) is 7.14. The Morgan fingerprint density at radius 1 is 1.04 bits per heavy atom. The third kappa shape index (κ3) is 4.49. The van der Waals surface area contributed by atoms with Gasteiger partial charge in [-0.15, -0.1) is 0 Å². The van der Waals surface area contributed by atoms with Crippen LogP contribution in [0.2, 0.25) is 0 Å². The summed E-state index contributed by atoms with van der Waals surface area (Å²) in [7, 11) is 0. The highest BCUT2D eigenvalue weighted by Crippen LogP contribution is 2.25. The van der Waals surface area contributed by atoms with Gasteiger partial charge in [-0.1, -0.05) is 61.9 Å². The van der Waals surface area contributed by atoms with Crippen LogP contribution in [0.5, 0.6) is 0 Å². The second-order valence-electron chi connectivity index (χ2n) is 6.28. The van der Waals surface area contributed by atoms with E-state index < -0.39 is 0 Å². The largest absolute Gasteiger partial charge is 0.325 e. The zero-order chi connectivity index (χ0) is 17.6. The summed E-state index contributed by atoms with van der Waals surface area (Å²) in [6.07, 6.45) is 3.80. The van der Waals surface area contributed by atoms with Crippen molar-refractivity contribution in [3.05, 3.63) is 76.3 Å². The van der Waals surface area contributed by atoms with Crippen molar-refractivity contribution in [2.75, 3.05) is 5.32 Å². The molecule has 25 heavy (non-hydrogen) atoms. The number of hydrogen-bond acceptors (Lipinski definition) is 1. The van der Waals surface area contributed by atoms with Crippen LogP contribution in [0, 0.1) is 0 Å². The quantitative estimate of drug-likeness (QED) is 0.534. The normalized spacial score (nSPS) is 10.8. The molecule has 0 bridgehead atoms. The molecule has 0 unspecified atom stereocenters. The summed E-state index contributed by atoms with van der Waals surface area (Å²) in [5.41, 5.74) is 3.16. The molecule has 3 rings (SSSR count). The highest BCUT2D eigenvalue weighted by molar-refractivity contribution is 9.10. The van der Waals surface area contributed by atoms with E-state index in [1.54, 1.807) is 0 Å². The van der Waals surface area contributed by atoms with E-state index in [1.807, 2.05) is 30.3 Å². The van der Waals surface area contributed by atoms with Gasteiger partial charge in [-0.05, 0) is 62.8 Å². The van der Waals surface area contributed by atoms with E-state index in [9.17, 15) is 4.79 Å². The van der Waals surface area contributed by atoms with E-state index in [4.69, 9.17) is 0 Å². The first-order chi connectivity index (χ1) is 12.2. The lowest BCUT2D eigenvalue weighted by Crippen LogP contribution is -2.15. The summed E-state index contributed by atoms with van der Waals surface area (Å²) in [5, 5.41) is 5.32. The van der Waals surface area contributed by atoms with Gasteiger partial charge in [0.05, 0.1) is 12.1 Å². The zero-order valence-corrected chi connectivity index (χ0v) is 16.0. The van der Waals surface area contributed by atoms with E-state index in [1.165, 1.54) is 18.4 Å². The maximum absolute atomic E-state index is 12.5. The molecule has 0 radical (unpaired) electrons. The average Bonchev–Trinajstić information content (AvgIpc) is 2.62. The summed E-state index contributed by atoms with van der Waals surface area (Å²) in [5.74, 6) is -0.00152. The predicted molar refractivity (Wildman–Crippen MR) is 109 cm³/mol. The predicted octanol–water partition coefficient (Wildman–Crippen LogP) is 6.13. The minimum Gasteiger partial charge on any atom is -0.325 e. The van der Waals surface area contributed by atoms with Crippen LogP contribution in [0.25, 0.3) is 10.8 Å². The van der Waals surface area contributed by atoms with Crippen LogP contribution in [0.1, 0.15) is 30.9 Å². The number of fused-ring (bicyclic) bond motifs is 1. The number of anilines is 1. The summed E-state index contributed by atoms with van der Waals surface area (Å²) < 4.78 is 0.937. The summed E-state index contributed by atoms with van der Waals surface area (Å²) in [6.45, 7) is 2.19. The number of nitrogens with one attached hydrogen (secondary N) is 1. The van der Waals surface area contributed by atoms with Crippen LogP contribution in [-0.2, 0) is 17.6 Å². The van der Waals surface area contributed by atoms with Crippen molar-refractivity contribution >= 4 is 38.3 Å². The molecule has 0 aliphatic carbocycles. The maximum atomic E-state index is 12.5. The molecule has 0 spiro atoms. The number of benzene rings is 3. The molecule has 0 aliphatic heterocycles. The van der Waals surface area contributed by atoms with Crippen LogP contribution in [0.4, 0.5) is 5.69 Å². The van der Waals surface area contributed by atoms with E-state index >= 15 is 0 Å². The van der Waals surface area contributed by atoms with Crippen LogP contribution < -0.4 is 5.32 Å². The number of hydrogen-bond donors (Lipinski definition) is 1. The Morgan fingerprint density at radius 3 is 2.64 bits per heavy atom. The highest BCUT2D eigenvalue weighted by Gasteiger charge is 2.09. The van der Waals surface area contributed by atoms with Crippen LogP contribution in [0.15, 0.2) is 65.1 Å². The minimum absolute atomic E-state index is 0.00152. The average molecular weight is 396 g/mol. The van der Waals surface area contributed by atoms with Gasteiger partial charge < -0.3 is 5.32 Å². The molecular weight excluding hydrogens is 374 g/mol. The smallest absolute Gasteiger partial charge is 0.228 e. The molecule has 1 amide bonds. The molecule has 0 atom stereocenters. The van der Waals surface area contributed by atoms with Crippen molar-refractivity contribution in [2.24, 2.45) is 0 Å². The number of halogens is 1. The molecule has 0 fully saturated rings. The van der Waals surface area contributed by atoms with Gasteiger partial charge in [-0.25, -0.2) is 0 Å². The third-order valence-corrected chi connectivity index (χ3v) is 5.01. The number of carbonyl (C=O) groups is 1. The molecule has 0 aliphatic rings. The molecular formula is C22H22BrNO. The number of unbranched alkanes of at least 4 members (excludes halogenated alkanes) is 1. The van der Waals surface area contributed by atoms with E-state index in [-0.39, 0.29) is 5.91 Å². The fourth-order valence-electron chi connectivity index (χ4n) is 3.01. The highest BCUT2D eigenvalue weighted by atomic mass is 79.9. The Morgan fingerprint density at radius 2 is 1.84 bits per heavy atom. The molecule has 3 aromatic carbocycles. The number of amides is 1. The standard InChI is InChI=1S/C22H22BrNO/c1-2-3-7-16-12-13-21(20(23)14-16)24-22(25)15-18-10-6-9-17-8-4-5-11-19(17)18/h4-6,8-14H,2-3,7,15H2,1H3,(H,24,25). The summed E-state index contributed by atoms with van der Waals surface area (Å²) in [6, 6.07) is 20.4. The van der Waals surface area contributed by atoms with Gasteiger partial charge in [0.15, 0.2) is 0 Å². The second kappa shape index (κ2) is 8.30. The Bertz CT molecular complexity index is 883. The first-order valence-electron chi connectivity index (χ1n) is 8.72. The molecule has 0 heterocycles. The lowest BCUT2D eigenvalue weighted by molar-refractivity contribution is -0.115. The Hall–Kier alpha value is -2.13. The minimum atomic E-state index is -0.00152. The SMILES string of the molecule is CCCCc1ccc(NC(=O)Cc2cccc3ccccc23)c(Br)c1. The Kier molecular flexibility index (Phi) is 5.87. The van der Waals surface area contributed by atoms with Crippen molar-refractivity contribution in [3.8, 4) is 0 Å². The Labute approximate surface area is 157 Å². The number of carbonyl (C=O) groups excluding carboxylic acids is 1. The lowest BCUT2D eigenvalue weighted by atomic mass is 10.0. The molecule has 2 nitrogen and oxygen atoms in total.